The number of nitrogens with zero attached hydrogens (tertiary/aromatic N) is 3. The molecule has 0 spiro atoms. The summed E-state index contributed by atoms with van der Waals surface area (Å²) < 4.78 is 0. The van der Waals surface area contributed by atoms with E-state index in [0.29, 0.717) is 36.9 Å². The van der Waals surface area contributed by atoms with Crippen molar-refractivity contribution in [2.24, 2.45) is 5.73 Å². The van der Waals surface area contributed by atoms with E-state index in [2.05, 4.69) is 25.3 Å². The van der Waals surface area contributed by atoms with Crippen molar-refractivity contribution in [3.05, 3.63) is 45.5 Å². The number of hydrogen-bond donors (Lipinski definition) is 3. The Labute approximate surface area is 116 Å². The zero-order valence-corrected chi connectivity index (χ0v) is 11.6. The Morgan fingerprint density at radius 1 is 1.25 bits per heavy atom. The molecule has 0 bridgehead atoms. The van der Waals surface area contributed by atoms with Crippen LogP contribution in [0, 0.1) is 13.8 Å². The van der Waals surface area contributed by atoms with Gasteiger partial charge in [0, 0.05) is 37.3 Å². The Bertz CT molecular complexity index is 652. The zero-order valence-electron chi connectivity index (χ0n) is 11.6. The van der Waals surface area contributed by atoms with Gasteiger partial charge < -0.3 is 16.0 Å². The summed E-state index contributed by atoms with van der Waals surface area (Å²) in [6.45, 7) is 4.62. The first-order valence-electron chi connectivity index (χ1n) is 6.42. The van der Waals surface area contributed by atoms with E-state index >= 15 is 0 Å². The molecular weight excluding hydrogens is 256 g/mol. The maximum absolute atomic E-state index is 11.3. The second-order valence-electron chi connectivity index (χ2n) is 4.51. The van der Waals surface area contributed by atoms with Gasteiger partial charge in [0.05, 0.1) is 5.69 Å². The Kier molecular flexibility index (Phi) is 4.41. The Morgan fingerprint density at radius 3 is 2.75 bits per heavy atom. The molecule has 2 aromatic heterocycles. The van der Waals surface area contributed by atoms with Gasteiger partial charge in [-0.1, -0.05) is 0 Å². The number of aryl methyl sites for hydroxylation is 2. The molecular formula is C13H18N6O. The van der Waals surface area contributed by atoms with E-state index in [0.717, 1.165) is 11.5 Å². The molecule has 2 heterocycles. The molecule has 0 fully saturated rings. The second-order valence-corrected chi connectivity index (χ2v) is 4.51. The van der Waals surface area contributed by atoms with Gasteiger partial charge in [-0.25, -0.2) is 15.0 Å². The van der Waals surface area contributed by atoms with Crippen molar-refractivity contribution in [3.63, 3.8) is 0 Å². The molecule has 7 nitrogen and oxygen atoms in total. The Hall–Kier alpha value is -2.28. The normalized spacial score (nSPS) is 10.6. The van der Waals surface area contributed by atoms with E-state index in [1.807, 2.05) is 13.0 Å². The van der Waals surface area contributed by atoms with Gasteiger partial charge >= 0.3 is 0 Å². The van der Waals surface area contributed by atoms with Crippen molar-refractivity contribution in [2.45, 2.75) is 26.8 Å². The van der Waals surface area contributed by atoms with Crippen LogP contribution in [0.25, 0.3) is 0 Å². The summed E-state index contributed by atoms with van der Waals surface area (Å²) in [6.07, 6.45) is 0.609. The van der Waals surface area contributed by atoms with Crippen LogP contribution in [0.3, 0.4) is 0 Å². The monoisotopic (exact) mass is 274 g/mol. The van der Waals surface area contributed by atoms with Gasteiger partial charge in [0.15, 0.2) is 0 Å². The third-order valence-electron chi connectivity index (χ3n) is 2.69. The molecule has 0 amide bonds. The summed E-state index contributed by atoms with van der Waals surface area (Å²) in [5.74, 6) is 2.07. The molecule has 0 aliphatic rings. The summed E-state index contributed by atoms with van der Waals surface area (Å²) in [4.78, 5) is 26.8. The van der Waals surface area contributed by atoms with E-state index in [1.165, 1.54) is 6.07 Å². The Balaban J connectivity index is 1.99. The van der Waals surface area contributed by atoms with Crippen LogP contribution in [0.15, 0.2) is 16.9 Å². The van der Waals surface area contributed by atoms with Crippen LogP contribution in [-0.4, -0.2) is 26.5 Å². The highest BCUT2D eigenvalue weighted by Crippen LogP contribution is 2.06. The fraction of sp³-hybridized carbons (Fsp3) is 0.385. The van der Waals surface area contributed by atoms with Gasteiger partial charge in [-0.05, 0) is 13.8 Å². The minimum absolute atomic E-state index is 0.129. The first-order chi connectivity index (χ1) is 9.56. The minimum Gasteiger partial charge on any atom is -0.370 e. The van der Waals surface area contributed by atoms with Crippen LogP contribution in [0.5, 0.6) is 0 Å². The van der Waals surface area contributed by atoms with Crippen molar-refractivity contribution in [2.75, 3.05) is 11.9 Å². The van der Waals surface area contributed by atoms with Crippen LogP contribution in [0.1, 0.15) is 23.0 Å². The summed E-state index contributed by atoms with van der Waals surface area (Å²) in [7, 11) is 0. The average Bonchev–Trinajstić information content (AvgIpc) is 2.37. The van der Waals surface area contributed by atoms with Crippen LogP contribution in [0.2, 0.25) is 0 Å². The summed E-state index contributed by atoms with van der Waals surface area (Å²) in [5.41, 5.74) is 6.95. The van der Waals surface area contributed by atoms with Crippen molar-refractivity contribution >= 4 is 5.82 Å². The number of nitrogens with one attached hydrogen (secondary N) is 2. The first-order valence-corrected chi connectivity index (χ1v) is 6.42. The lowest BCUT2D eigenvalue weighted by atomic mass is 10.3. The number of rotatable bonds is 5. The summed E-state index contributed by atoms with van der Waals surface area (Å²) in [6, 6.07) is 3.29. The SMILES string of the molecule is Cc1cc(=O)[nH]c(CCNc2cc(CN)nc(C)n2)n1. The highest BCUT2D eigenvalue weighted by atomic mass is 16.1. The van der Waals surface area contributed by atoms with Crippen LogP contribution in [-0.2, 0) is 13.0 Å². The molecule has 0 atom stereocenters. The predicted octanol–water partition coefficient (Wildman–Crippen LogP) is 0.290. The zero-order chi connectivity index (χ0) is 14.5. The van der Waals surface area contributed by atoms with Crippen molar-refractivity contribution in [1.29, 1.82) is 0 Å². The predicted molar refractivity (Wildman–Crippen MR) is 76.4 cm³/mol. The second kappa shape index (κ2) is 6.25. The van der Waals surface area contributed by atoms with E-state index < -0.39 is 0 Å². The number of nitrogens with two attached hydrogens (primary N) is 1. The standard InChI is InChI=1S/C13H18N6O/c1-8-5-13(20)19-11(16-8)3-4-15-12-6-10(7-14)17-9(2)18-12/h5-6H,3-4,7,14H2,1-2H3,(H,15,17,18)(H,16,19,20). The van der Waals surface area contributed by atoms with Crippen molar-refractivity contribution < 1.29 is 0 Å². The Morgan fingerprint density at radius 2 is 2.05 bits per heavy atom. The summed E-state index contributed by atoms with van der Waals surface area (Å²) in [5, 5.41) is 3.18. The lowest BCUT2D eigenvalue weighted by molar-refractivity contribution is 0.856. The van der Waals surface area contributed by atoms with E-state index in [9.17, 15) is 4.79 Å². The molecule has 7 heteroatoms. The molecule has 2 rings (SSSR count). The number of aromatic amines is 1. The van der Waals surface area contributed by atoms with E-state index in [-0.39, 0.29) is 5.56 Å². The highest BCUT2D eigenvalue weighted by molar-refractivity contribution is 5.36. The van der Waals surface area contributed by atoms with E-state index in [4.69, 9.17) is 5.73 Å². The molecule has 0 aromatic carbocycles. The van der Waals surface area contributed by atoms with Crippen molar-refractivity contribution in [1.82, 2.24) is 19.9 Å². The van der Waals surface area contributed by atoms with Gasteiger partial charge in [-0.3, -0.25) is 4.79 Å². The van der Waals surface area contributed by atoms with Gasteiger partial charge in [0.2, 0.25) is 0 Å². The average molecular weight is 274 g/mol. The molecule has 0 saturated heterocycles. The van der Waals surface area contributed by atoms with Crippen LogP contribution < -0.4 is 16.6 Å². The maximum Gasteiger partial charge on any atom is 0.251 e. The topological polar surface area (TPSA) is 110 Å². The smallest absolute Gasteiger partial charge is 0.251 e. The minimum atomic E-state index is -0.129. The number of H-pyrrole nitrogens is 1. The molecule has 0 aliphatic heterocycles. The lowest BCUT2D eigenvalue weighted by Gasteiger charge is -2.07. The third-order valence-corrected chi connectivity index (χ3v) is 2.69. The molecule has 0 unspecified atom stereocenters. The van der Waals surface area contributed by atoms with Crippen LogP contribution >= 0.6 is 0 Å². The maximum atomic E-state index is 11.3. The molecule has 0 saturated carbocycles. The highest BCUT2D eigenvalue weighted by Gasteiger charge is 2.02. The van der Waals surface area contributed by atoms with Crippen molar-refractivity contribution in [3.8, 4) is 0 Å². The van der Waals surface area contributed by atoms with E-state index in [1.54, 1.807) is 6.92 Å². The fourth-order valence-electron chi connectivity index (χ4n) is 1.89. The lowest BCUT2D eigenvalue weighted by Crippen LogP contribution is -2.15. The number of anilines is 1. The molecule has 4 N–H and O–H groups in total. The molecule has 2 aromatic rings. The fourth-order valence-corrected chi connectivity index (χ4v) is 1.89. The molecule has 0 aliphatic carbocycles. The van der Waals surface area contributed by atoms with Gasteiger partial charge in [-0.2, -0.15) is 0 Å². The molecule has 0 radical (unpaired) electrons. The van der Waals surface area contributed by atoms with Gasteiger partial charge in [-0.15, -0.1) is 0 Å². The van der Waals surface area contributed by atoms with Crippen LogP contribution in [0.4, 0.5) is 5.82 Å². The number of aromatic nitrogens is 4. The summed E-state index contributed by atoms with van der Waals surface area (Å²) >= 11 is 0. The number of hydrogen-bond acceptors (Lipinski definition) is 6. The van der Waals surface area contributed by atoms with Gasteiger partial charge in [0.1, 0.15) is 17.5 Å². The molecule has 20 heavy (non-hydrogen) atoms. The third kappa shape index (κ3) is 3.86. The molecule has 106 valence electrons. The first kappa shape index (κ1) is 14.1. The van der Waals surface area contributed by atoms with Gasteiger partial charge in [0.25, 0.3) is 5.56 Å². The quantitative estimate of drug-likeness (QED) is 0.723. The largest absolute Gasteiger partial charge is 0.370 e.